The second kappa shape index (κ2) is 7.40. The van der Waals surface area contributed by atoms with Gasteiger partial charge in [-0.1, -0.05) is 44.2 Å². The van der Waals surface area contributed by atoms with Crippen molar-refractivity contribution in [2.24, 2.45) is 0 Å². The molecule has 1 rings (SSSR count). The van der Waals surface area contributed by atoms with Crippen LogP contribution in [0.25, 0.3) is 0 Å². The number of benzene rings is 1. The highest BCUT2D eigenvalue weighted by Crippen LogP contribution is 2.14. The summed E-state index contributed by atoms with van der Waals surface area (Å²) in [6.45, 7) is 11.0. The van der Waals surface area contributed by atoms with E-state index >= 15 is 0 Å². The fourth-order valence-corrected chi connectivity index (χ4v) is 11.2. The summed E-state index contributed by atoms with van der Waals surface area (Å²) in [5, 5.41) is 1.26. The third kappa shape index (κ3) is 4.47. The van der Waals surface area contributed by atoms with Crippen LogP contribution in [-0.4, -0.2) is 26.6 Å². The van der Waals surface area contributed by atoms with Crippen molar-refractivity contribution in [3.63, 3.8) is 0 Å². The first-order chi connectivity index (χ1) is 8.51. The molecule has 18 heavy (non-hydrogen) atoms. The Labute approximate surface area is 116 Å². The van der Waals surface area contributed by atoms with E-state index in [1.54, 1.807) is 0 Å². The highest BCUT2D eigenvalue weighted by Gasteiger charge is 2.37. The maximum Gasteiger partial charge on any atom is 0.348 e. The predicted octanol–water partition coefficient (Wildman–Crippen LogP) is 3.28. The number of hydrogen-bond donors (Lipinski definition) is 0. The molecule has 100 valence electrons. The van der Waals surface area contributed by atoms with Crippen LogP contribution in [0.15, 0.2) is 30.3 Å². The molecule has 0 heterocycles. The van der Waals surface area contributed by atoms with E-state index in [0.29, 0.717) is 0 Å². The molecule has 0 aromatic heterocycles. The van der Waals surface area contributed by atoms with Crippen LogP contribution in [-0.2, 0) is 8.23 Å². The van der Waals surface area contributed by atoms with Gasteiger partial charge in [-0.3, -0.25) is 0 Å². The molecule has 0 N–H and O–H groups in total. The molecule has 0 aliphatic rings. The van der Waals surface area contributed by atoms with E-state index in [-0.39, 0.29) is 0 Å². The average molecular weight is 297 g/mol. The maximum absolute atomic E-state index is 6.48. The summed E-state index contributed by atoms with van der Waals surface area (Å²) >= 11 is 0. The molecule has 0 spiro atoms. The highest BCUT2D eigenvalue weighted by molar-refractivity contribution is 6.88. The van der Waals surface area contributed by atoms with Gasteiger partial charge in [-0.25, -0.2) is 0 Å². The first-order valence-electron chi connectivity index (χ1n) is 6.60. The van der Waals surface area contributed by atoms with Crippen molar-refractivity contribution >= 4 is 31.8 Å². The molecule has 0 saturated heterocycles. The molecule has 1 unspecified atom stereocenters. The van der Waals surface area contributed by atoms with Gasteiger partial charge in [-0.15, -0.1) is 0 Å². The Bertz CT molecular complexity index is 341. The second-order valence-corrected chi connectivity index (χ2v) is 13.1. The Morgan fingerprint density at radius 2 is 1.56 bits per heavy atom. The smallest absolute Gasteiger partial charge is 0.348 e. The summed E-state index contributed by atoms with van der Waals surface area (Å²) in [7, 11) is -3.67. The van der Waals surface area contributed by atoms with E-state index in [1.807, 2.05) is 6.07 Å². The Balaban J connectivity index is 2.95. The van der Waals surface area contributed by atoms with Crippen molar-refractivity contribution in [2.45, 2.75) is 45.6 Å². The van der Waals surface area contributed by atoms with Crippen LogP contribution in [0.4, 0.5) is 0 Å². The number of rotatable bonds is 7. The first-order valence-corrected chi connectivity index (χ1v) is 13.1. The molecule has 1 aromatic rings. The Morgan fingerprint density at radius 1 is 1.00 bits per heavy atom. The van der Waals surface area contributed by atoms with Gasteiger partial charge in [0.1, 0.15) is 0 Å². The van der Waals surface area contributed by atoms with Crippen LogP contribution in [0.2, 0.25) is 31.7 Å². The zero-order valence-corrected chi connectivity index (χ0v) is 15.1. The van der Waals surface area contributed by atoms with Crippen molar-refractivity contribution in [1.29, 1.82) is 0 Å². The lowest BCUT2D eigenvalue weighted by molar-refractivity contribution is 0.419. The molecular weight excluding hydrogens is 272 g/mol. The fourth-order valence-electron chi connectivity index (χ4n) is 1.94. The minimum absolute atomic E-state index is 0.719. The number of hydrogen-bond acceptors (Lipinski definition) is 2. The molecule has 1 atom stereocenters. The van der Waals surface area contributed by atoms with Crippen LogP contribution in [0, 0.1) is 0 Å². The van der Waals surface area contributed by atoms with Crippen molar-refractivity contribution < 1.29 is 8.23 Å². The zero-order valence-electron chi connectivity index (χ0n) is 12.1. The van der Waals surface area contributed by atoms with Gasteiger partial charge in [0, 0.05) is 0 Å². The maximum atomic E-state index is 6.48. The van der Waals surface area contributed by atoms with Gasteiger partial charge in [0.2, 0.25) is 0 Å². The van der Waals surface area contributed by atoms with E-state index in [0.717, 1.165) is 12.1 Å². The molecule has 2 radical (unpaired) electrons. The van der Waals surface area contributed by atoms with Crippen LogP contribution in [0.5, 0.6) is 0 Å². The van der Waals surface area contributed by atoms with E-state index in [1.165, 1.54) is 5.19 Å². The molecule has 0 saturated carbocycles. The van der Waals surface area contributed by atoms with Crippen molar-refractivity contribution in [3.05, 3.63) is 30.3 Å². The quantitative estimate of drug-likeness (QED) is 0.719. The van der Waals surface area contributed by atoms with Gasteiger partial charge in [0.15, 0.2) is 18.1 Å². The minimum Gasteiger partial charge on any atom is -0.433 e. The monoisotopic (exact) mass is 296 g/mol. The zero-order chi connectivity index (χ0) is 13.6. The van der Waals surface area contributed by atoms with Crippen LogP contribution in [0.3, 0.4) is 0 Å². The lowest BCUT2D eigenvalue weighted by atomic mass is 10.4. The summed E-state index contributed by atoms with van der Waals surface area (Å²) in [6.07, 6.45) is 0. The standard InChI is InChI=1S/C13H24O2Si3/c1-6-17(7-2)15-18(5,14-16(3)4)13-11-9-8-10-12-13/h8-12H,6-7H2,1-5H3. The van der Waals surface area contributed by atoms with Gasteiger partial charge >= 0.3 is 8.56 Å². The summed E-state index contributed by atoms with van der Waals surface area (Å²) in [4.78, 5) is 0. The Morgan fingerprint density at radius 3 is 2.00 bits per heavy atom. The summed E-state index contributed by atoms with van der Waals surface area (Å²) < 4.78 is 12.8. The molecular formula is C13H24O2Si3. The van der Waals surface area contributed by atoms with Crippen LogP contribution in [0.1, 0.15) is 13.8 Å². The lowest BCUT2D eigenvalue weighted by Crippen LogP contribution is -2.55. The topological polar surface area (TPSA) is 18.5 Å². The normalized spacial score (nSPS) is 15.1. The molecule has 0 aliphatic carbocycles. The SMILES string of the molecule is CC[Si](CC)O[Si](C)(O[Si](C)C)c1ccccc1. The van der Waals surface area contributed by atoms with Crippen LogP contribution >= 0.6 is 0 Å². The largest absolute Gasteiger partial charge is 0.433 e. The lowest BCUT2D eigenvalue weighted by Gasteiger charge is -2.32. The van der Waals surface area contributed by atoms with Crippen LogP contribution < -0.4 is 5.19 Å². The molecule has 0 bridgehead atoms. The van der Waals surface area contributed by atoms with E-state index < -0.39 is 26.6 Å². The molecule has 2 nitrogen and oxygen atoms in total. The Hall–Kier alpha value is -0.209. The third-order valence-corrected chi connectivity index (χ3v) is 11.7. The highest BCUT2D eigenvalue weighted by atomic mass is 28.5. The van der Waals surface area contributed by atoms with Crippen molar-refractivity contribution in [1.82, 2.24) is 0 Å². The van der Waals surface area contributed by atoms with Gasteiger partial charge in [0.25, 0.3) is 0 Å². The second-order valence-electron chi connectivity index (χ2n) is 4.67. The molecule has 0 amide bonds. The first kappa shape index (κ1) is 15.8. The van der Waals surface area contributed by atoms with Gasteiger partial charge in [-0.05, 0) is 36.9 Å². The third-order valence-electron chi connectivity index (χ3n) is 2.82. The molecule has 0 aliphatic heterocycles. The minimum atomic E-state index is -2.20. The fraction of sp³-hybridized carbons (Fsp3) is 0.538. The van der Waals surface area contributed by atoms with Crippen molar-refractivity contribution in [3.8, 4) is 0 Å². The Kier molecular flexibility index (Phi) is 6.51. The average Bonchev–Trinajstić information content (AvgIpc) is 2.36. The van der Waals surface area contributed by atoms with E-state index in [9.17, 15) is 0 Å². The van der Waals surface area contributed by atoms with E-state index in [4.69, 9.17) is 8.23 Å². The molecule has 5 heteroatoms. The summed E-state index contributed by atoms with van der Waals surface area (Å²) in [5.74, 6) is 0. The summed E-state index contributed by atoms with van der Waals surface area (Å²) in [5.41, 5.74) is 0. The van der Waals surface area contributed by atoms with Crippen molar-refractivity contribution in [2.75, 3.05) is 0 Å². The van der Waals surface area contributed by atoms with Gasteiger partial charge in [0.05, 0.1) is 0 Å². The molecule has 1 aromatic carbocycles. The summed E-state index contributed by atoms with van der Waals surface area (Å²) in [6, 6.07) is 12.8. The molecule has 0 fully saturated rings. The van der Waals surface area contributed by atoms with E-state index in [2.05, 4.69) is 57.8 Å². The van der Waals surface area contributed by atoms with Gasteiger partial charge < -0.3 is 8.23 Å². The predicted molar refractivity (Wildman–Crippen MR) is 84.1 cm³/mol. The van der Waals surface area contributed by atoms with Gasteiger partial charge in [-0.2, -0.15) is 0 Å².